The van der Waals surface area contributed by atoms with Gasteiger partial charge in [0.25, 0.3) is 0 Å². The molecule has 0 bridgehead atoms. The number of para-hydroxylation sites is 2. The van der Waals surface area contributed by atoms with Gasteiger partial charge >= 0.3 is 0 Å². The van der Waals surface area contributed by atoms with E-state index in [1.54, 1.807) is 33.5 Å². The van der Waals surface area contributed by atoms with E-state index in [1.807, 2.05) is 48.0 Å². The van der Waals surface area contributed by atoms with Gasteiger partial charge in [0, 0.05) is 45.5 Å². The van der Waals surface area contributed by atoms with Crippen LogP contribution in [0.3, 0.4) is 0 Å². The summed E-state index contributed by atoms with van der Waals surface area (Å²) in [5.74, 6) is 2.16. The molecule has 5 rings (SSSR count). The number of anilines is 1. The number of carbonyl (C=O) groups excluding carboxylic acids is 2. The summed E-state index contributed by atoms with van der Waals surface area (Å²) in [4.78, 5) is 42.8. The molecule has 1 atom stereocenters. The van der Waals surface area contributed by atoms with Gasteiger partial charge in [-0.1, -0.05) is 18.2 Å². The fourth-order valence-corrected chi connectivity index (χ4v) is 6.15. The highest BCUT2D eigenvalue weighted by Gasteiger charge is 2.29. The smallest absolute Gasteiger partial charge is 0.220 e. The molecule has 11 heteroatoms. The number of aryl methyl sites for hydroxylation is 2. The normalized spacial score (nSPS) is 13.6. The summed E-state index contributed by atoms with van der Waals surface area (Å²) < 4.78 is 19.1. The van der Waals surface area contributed by atoms with E-state index in [0.29, 0.717) is 73.7 Å². The Kier molecular flexibility index (Phi) is 10.1. The van der Waals surface area contributed by atoms with Crippen molar-refractivity contribution in [3.63, 3.8) is 0 Å². The molecule has 0 unspecified atom stereocenters. The summed E-state index contributed by atoms with van der Waals surface area (Å²) in [5.41, 5.74) is 5.39. The van der Waals surface area contributed by atoms with Crippen LogP contribution in [0.2, 0.25) is 0 Å². The van der Waals surface area contributed by atoms with Gasteiger partial charge in [0.15, 0.2) is 11.5 Å². The van der Waals surface area contributed by atoms with Crippen molar-refractivity contribution in [3.8, 4) is 28.4 Å². The van der Waals surface area contributed by atoms with Crippen molar-refractivity contribution in [2.45, 2.75) is 45.1 Å². The van der Waals surface area contributed by atoms with Gasteiger partial charge < -0.3 is 34.7 Å². The number of carbonyl (C=O) groups is 2. The number of hydrogen-bond donors (Lipinski definition) is 3. The number of hydrogen-bond acceptors (Lipinski definition) is 8. The number of ether oxygens (including phenoxy) is 3. The number of nitrogens with one attached hydrogen (secondary N) is 3. The molecule has 0 aliphatic heterocycles. The summed E-state index contributed by atoms with van der Waals surface area (Å²) >= 11 is 0. The van der Waals surface area contributed by atoms with Gasteiger partial charge in [0.1, 0.15) is 5.82 Å². The van der Waals surface area contributed by atoms with Crippen molar-refractivity contribution >= 4 is 28.5 Å². The van der Waals surface area contributed by atoms with Gasteiger partial charge in [0.05, 0.1) is 44.1 Å². The maximum atomic E-state index is 13.5. The van der Waals surface area contributed by atoms with E-state index in [0.717, 1.165) is 33.5 Å². The molecule has 3 aromatic carbocycles. The van der Waals surface area contributed by atoms with Crippen molar-refractivity contribution in [1.82, 2.24) is 20.2 Å². The van der Waals surface area contributed by atoms with Gasteiger partial charge in [-0.3, -0.25) is 14.4 Å². The molecule has 1 aromatic heterocycles. The Balaban J connectivity index is 1.29. The van der Waals surface area contributed by atoms with E-state index in [4.69, 9.17) is 14.2 Å². The second-order valence-corrected chi connectivity index (χ2v) is 11.3. The summed E-state index contributed by atoms with van der Waals surface area (Å²) in [5, 5.41) is 9.20. The van der Waals surface area contributed by atoms with Crippen LogP contribution in [-0.2, 0) is 29.5 Å². The number of fused-ring (bicyclic) bond motifs is 4. The molecule has 1 aliphatic carbocycles. The third kappa shape index (κ3) is 6.78. The number of nitrogens with zero attached hydrogens (tertiary/aromatic N) is 2. The molecular weight excluding hydrogens is 586 g/mol. The molecule has 2 amide bonds. The molecule has 4 aromatic rings. The quantitative estimate of drug-likeness (QED) is 0.198. The van der Waals surface area contributed by atoms with Gasteiger partial charge in [-0.2, -0.15) is 0 Å². The zero-order valence-electron chi connectivity index (χ0n) is 27.0. The van der Waals surface area contributed by atoms with Gasteiger partial charge in [-0.15, -0.1) is 0 Å². The molecule has 46 heavy (non-hydrogen) atoms. The molecule has 242 valence electrons. The summed E-state index contributed by atoms with van der Waals surface area (Å²) in [6, 6.07) is 14.7. The molecular formula is C35H41N5O6. The first-order valence-corrected chi connectivity index (χ1v) is 15.4. The predicted molar refractivity (Wildman–Crippen MR) is 178 cm³/mol. The zero-order valence-corrected chi connectivity index (χ0v) is 27.0. The number of imidazole rings is 1. The zero-order chi connectivity index (χ0) is 32.8. The van der Waals surface area contributed by atoms with Crippen molar-refractivity contribution < 1.29 is 23.8 Å². The Bertz CT molecular complexity index is 1820. The maximum absolute atomic E-state index is 13.5. The fourth-order valence-electron chi connectivity index (χ4n) is 6.15. The van der Waals surface area contributed by atoms with E-state index in [-0.39, 0.29) is 23.3 Å². The first kappa shape index (κ1) is 32.3. The van der Waals surface area contributed by atoms with E-state index in [1.165, 1.54) is 6.92 Å². The molecule has 0 spiro atoms. The Hall–Kier alpha value is -5.06. The topological polar surface area (TPSA) is 133 Å². The molecule has 0 fully saturated rings. The molecule has 1 heterocycles. The lowest BCUT2D eigenvalue weighted by molar-refractivity contribution is -0.121. The van der Waals surface area contributed by atoms with Gasteiger partial charge in [0.2, 0.25) is 23.0 Å². The average Bonchev–Trinajstić information content (AvgIpc) is 3.17. The van der Waals surface area contributed by atoms with Crippen molar-refractivity contribution in [3.05, 3.63) is 75.7 Å². The van der Waals surface area contributed by atoms with Crippen LogP contribution in [0.5, 0.6) is 17.2 Å². The highest BCUT2D eigenvalue weighted by atomic mass is 16.5. The highest BCUT2D eigenvalue weighted by Crippen LogP contribution is 2.50. The lowest BCUT2D eigenvalue weighted by Gasteiger charge is -2.19. The van der Waals surface area contributed by atoms with E-state index in [2.05, 4.69) is 20.9 Å². The highest BCUT2D eigenvalue weighted by molar-refractivity contribution is 5.84. The van der Waals surface area contributed by atoms with Crippen molar-refractivity contribution in [2.24, 2.45) is 7.05 Å². The van der Waals surface area contributed by atoms with Crippen molar-refractivity contribution in [1.29, 1.82) is 0 Å². The van der Waals surface area contributed by atoms with Crippen LogP contribution in [0.15, 0.2) is 53.3 Å². The average molecular weight is 628 g/mol. The maximum Gasteiger partial charge on any atom is 0.220 e. The monoisotopic (exact) mass is 627 g/mol. The third-order valence-corrected chi connectivity index (χ3v) is 8.36. The lowest BCUT2D eigenvalue weighted by atomic mass is 9.95. The molecule has 0 saturated carbocycles. The van der Waals surface area contributed by atoms with E-state index < -0.39 is 0 Å². The Morgan fingerprint density at radius 3 is 2.50 bits per heavy atom. The van der Waals surface area contributed by atoms with Crippen LogP contribution in [0, 0.1) is 0 Å². The first-order chi connectivity index (χ1) is 22.2. The lowest BCUT2D eigenvalue weighted by Crippen LogP contribution is -2.27. The largest absolute Gasteiger partial charge is 0.493 e. The predicted octanol–water partition coefficient (Wildman–Crippen LogP) is 4.30. The molecule has 0 radical (unpaired) electrons. The Morgan fingerprint density at radius 2 is 1.78 bits per heavy atom. The fraction of sp³-hybridized carbons (Fsp3) is 0.371. The first-order valence-electron chi connectivity index (χ1n) is 15.4. The molecule has 3 N–H and O–H groups in total. The molecule has 11 nitrogen and oxygen atoms in total. The summed E-state index contributed by atoms with van der Waals surface area (Å²) in [6.45, 7) is 2.39. The second kappa shape index (κ2) is 14.4. The minimum Gasteiger partial charge on any atom is -0.493 e. The second-order valence-electron chi connectivity index (χ2n) is 11.3. The SMILES string of the molecule is COc1cc2c(c(OC)c1OC)-c1ccc(NCCCC(=O)NCCc3nc4ccccc4n3C)c(=O)cc1[C@H](NC(C)=O)CC2. The van der Waals surface area contributed by atoms with E-state index in [9.17, 15) is 14.4 Å². The number of aromatic nitrogens is 2. The Labute approximate surface area is 268 Å². The number of methoxy groups -OCH3 is 3. The third-order valence-electron chi connectivity index (χ3n) is 8.36. The number of benzene rings is 2. The number of amides is 2. The van der Waals surface area contributed by atoms with Crippen molar-refractivity contribution in [2.75, 3.05) is 39.7 Å². The summed E-state index contributed by atoms with van der Waals surface area (Å²) in [7, 11) is 6.67. The Morgan fingerprint density at radius 1 is 1.00 bits per heavy atom. The van der Waals surface area contributed by atoms with Crippen LogP contribution < -0.4 is 35.6 Å². The van der Waals surface area contributed by atoms with Crippen LogP contribution in [-0.4, -0.2) is 55.8 Å². The van der Waals surface area contributed by atoms with E-state index >= 15 is 0 Å². The van der Waals surface area contributed by atoms with Crippen LogP contribution in [0.4, 0.5) is 5.69 Å². The van der Waals surface area contributed by atoms with Crippen LogP contribution >= 0.6 is 0 Å². The summed E-state index contributed by atoms with van der Waals surface area (Å²) in [6.07, 6.45) is 2.69. The minimum atomic E-state index is -0.387. The molecule has 1 aliphatic rings. The van der Waals surface area contributed by atoms with Gasteiger partial charge in [-0.05, 0) is 66.3 Å². The minimum absolute atomic E-state index is 0.0560. The van der Waals surface area contributed by atoms with Crippen LogP contribution in [0.25, 0.3) is 22.2 Å². The van der Waals surface area contributed by atoms with Gasteiger partial charge in [-0.25, -0.2) is 4.98 Å². The van der Waals surface area contributed by atoms with Crippen LogP contribution in [0.1, 0.15) is 49.2 Å². The standard InChI is InChI=1S/C35H41N5O6/c1-21(41)38-25-14-12-22-19-30(44-3)34(45-4)35(46-5)33(22)23-13-15-27(29(42)20-24(23)25)36-17-8-11-32(43)37-18-16-31-39-26-9-6-7-10-28(26)40(31)2/h6-7,9-10,13,15,19-20,25H,8,11-12,14,16-18H2,1-5H3,(H,36,42)(H,37,43)(H,38,41)/t25-/m1/s1. The molecule has 0 saturated heterocycles. The number of rotatable bonds is 12.